The molecule has 32 heavy (non-hydrogen) atoms. The molecule has 2 N–H and O–H groups in total. The molecule has 2 aliphatic heterocycles. The van der Waals surface area contributed by atoms with Crippen LogP contribution in [0.15, 0.2) is 40.9 Å². The zero-order chi connectivity index (χ0) is 22.5. The van der Waals surface area contributed by atoms with Crippen LogP contribution in [0.4, 0.5) is 0 Å². The predicted octanol–water partition coefficient (Wildman–Crippen LogP) is 2.35. The molecule has 0 aliphatic carbocycles. The minimum absolute atomic E-state index is 0.165. The Balaban J connectivity index is 1.28. The van der Waals surface area contributed by atoms with Gasteiger partial charge in [0.15, 0.2) is 0 Å². The Morgan fingerprint density at radius 1 is 1.03 bits per heavy atom. The van der Waals surface area contributed by atoms with Crippen molar-refractivity contribution < 1.29 is 18.9 Å². The minimum atomic E-state index is -0.370. The Kier molecular flexibility index (Phi) is 6.87. The molecule has 1 aromatic heterocycles. The minimum Gasteiger partial charge on any atom is -0.369 e. The van der Waals surface area contributed by atoms with Crippen molar-refractivity contribution in [2.75, 3.05) is 26.2 Å². The number of carbonyl (C=O) groups excluding carboxylic acids is 3. The van der Waals surface area contributed by atoms with Gasteiger partial charge >= 0.3 is 0 Å². The Bertz CT molecular complexity index is 950. The molecule has 0 unspecified atom stereocenters. The van der Waals surface area contributed by atoms with E-state index in [0.29, 0.717) is 39.0 Å². The average Bonchev–Trinajstić information content (AvgIpc) is 3.33. The van der Waals surface area contributed by atoms with E-state index in [4.69, 9.17) is 10.3 Å². The van der Waals surface area contributed by atoms with E-state index in [1.807, 2.05) is 35.2 Å². The van der Waals surface area contributed by atoms with Crippen LogP contribution in [0.2, 0.25) is 0 Å². The van der Waals surface area contributed by atoms with Gasteiger partial charge in [0, 0.05) is 44.6 Å². The van der Waals surface area contributed by atoms with Gasteiger partial charge in [-0.3, -0.25) is 14.4 Å². The van der Waals surface area contributed by atoms with E-state index < -0.39 is 0 Å². The Labute approximate surface area is 187 Å². The summed E-state index contributed by atoms with van der Waals surface area (Å²) in [6, 6.07) is 11.8. The molecule has 0 spiro atoms. The van der Waals surface area contributed by atoms with Gasteiger partial charge in [-0.25, -0.2) is 0 Å². The highest BCUT2D eigenvalue weighted by atomic mass is 16.5. The molecular formula is C24H30N4O4. The molecular weight excluding hydrogens is 408 g/mol. The highest BCUT2D eigenvalue weighted by molar-refractivity contribution is 5.92. The van der Waals surface area contributed by atoms with E-state index in [1.165, 1.54) is 5.56 Å². The summed E-state index contributed by atoms with van der Waals surface area (Å²) in [5.41, 5.74) is 7.34. The van der Waals surface area contributed by atoms with Gasteiger partial charge in [-0.05, 0) is 37.7 Å². The van der Waals surface area contributed by atoms with Gasteiger partial charge in [-0.1, -0.05) is 35.5 Å². The van der Waals surface area contributed by atoms with Crippen LogP contribution in [0.5, 0.6) is 0 Å². The van der Waals surface area contributed by atoms with E-state index in [2.05, 4.69) is 5.16 Å². The number of hydrogen-bond acceptors (Lipinski definition) is 5. The summed E-state index contributed by atoms with van der Waals surface area (Å²) < 4.78 is 5.35. The van der Waals surface area contributed by atoms with Crippen molar-refractivity contribution in [1.82, 2.24) is 15.0 Å². The number of aryl methyl sites for hydroxylation is 1. The zero-order valence-corrected chi connectivity index (χ0v) is 18.2. The highest BCUT2D eigenvalue weighted by Gasteiger charge is 2.31. The number of likely N-dealkylation sites (tertiary alicyclic amines) is 2. The van der Waals surface area contributed by atoms with Gasteiger partial charge in [0.05, 0.1) is 11.6 Å². The summed E-state index contributed by atoms with van der Waals surface area (Å²) in [5.74, 6) is -0.380. The van der Waals surface area contributed by atoms with Gasteiger partial charge in [0.2, 0.25) is 17.6 Å². The maximum Gasteiger partial charge on any atom is 0.292 e. The number of benzene rings is 1. The normalized spacial score (nSPS) is 19.7. The number of primary amides is 1. The van der Waals surface area contributed by atoms with E-state index in [1.54, 1.807) is 11.0 Å². The first-order chi connectivity index (χ1) is 15.5. The van der Waals surface area contributed by atoms with E-state index in [0.717, 1.165) is 31.4 Å². The predicted molar refractivity (Wildman–Crippen MR) is 118 cm³/mol. The van der Waals surface area contributed by atoms with Crippen LogP contribution in [0.25, 0.3) is 0 Å². The Morgan fingerprint density at radius 3 is 2.50 bits per heavy atom. The third-order valence-electron chi connectivity index (χ3n) is 6.59. The van der Waals surface area contributed by atoms with Crippen molar-refractivity contribution in [3.63, 3.8) is 0 Å². The lowest BCUT2D eigenvalue weighted by Crippen LogP contribution is -2.44. The maximum absolute atomic E-state index is 12.8. The van der Waals surface area contributed by atoms with Crippen molar-refractivity contribution in [1.29, 1.82) is 0 Å². The molecule has 3 heterocycles. The molecule has 2 saturated heterocycles. The van der Waals surface area contributed by atoms with Crippen LogP contribution >= 0.6 is 0 Å². The number of aromatic nitrogens is 1. The zero-order valence-electron chi connectivity index (χ0n) is 18.2. The number of nitrogens with two attached hydrogens (primary N) is 1. The van der Waals surface area contributed by atoms with E-state index in [9.17, 15) is 14.4 Å². The first kappa shape index (κ1) is 22.0. The number of amides is 3. The fraction of sp³-hybridized carbons (Fsp3) is 0.500. The lowest BCUT2D eigenvalue weighted by atomic mass is 9.93. The van der Waals surface area contributed by atoms with Crippen molar-refractivity contribution in [3.8, 4) is 0 Å². The number of hydrogen-bond donors (Lipinski definition) is 1. The van der Waals surface area contributed by atoms with Crippen LogP contribution in [-0.4, -0.2) is 58.9 Å². The largest absolute Gasteiger partial charge is 0.369 e. The average molecular weight is 439 g/mol. The second-order valence-electron chi connectivity index (χ2n) is 8.75. The fourth-order valence-corrected chi connectivity index (χ4v) is 4.61. The Morgan fingerprint density at radius 2 is 1.78 bits per heavy atom. The highest BCUT2D eigenvalue weighted by Crippen LogP contribution is 2.29. The first-order valence-corrected chi connectivity index (χ1v) is 11.4. The number of carbonyl (C=O) groups is 3. The van der Waals surface area contributed by atoms with Crippen LogP contribution < -0.4 is 5.73 Å². The summed E-state index contributed by atoms with van der Waals surface area (Å²) in [5, 5.41) is 4.14. The van der Waals surface area contributed by atoms with E-state index >= 15 is 0 Å². The molecule has 8 nitrogen and oxygen atoms in total. The maximum atomic E-state index is 12.8. The van der Waals surface area contributed by atoms with Crippen LogP contribution in [0.3, 0.4) is 0 Å². The van der Waals surface area contributed by atoms with Gasteiger partial charge in [0.25, 0.3) is 5.91 Å². The smallest absolute Gasteiger partial charge is 0.292 e. The Hall–Kier alpha value is -3.16. The van der Waals surface area contributed by atoms with E-state index in [-0.39, 0.29) is 35.3 Å². The number of nitrogens with zero attached hydrogens (tertiary/aromatic N) is 3. The van der Waals surface area contributed by atoms with Crippen molar-refractivity contribution >= 4 is 17.7 Å². The molecule has 170 valence electrons. The number of piperidine rings is 2. The van der Waals surface area contributed by atoms with Gasteiger partial charge in [0.1, 0.15) is 0 Å². The lowest BCUT2D eigenvalue weighted by Gasteiger charge is -2.31. The molecule has 1 atom stereocenters. The van der Waals surface area contributed by atoms with Gasteiger partial charge in [-0.15, -0.1) is 0 Å². The second-order valence-corrected chi connectivity index (χ2v) is 8.75. The topological polar surface area (TPSA) is 110 Å². The molecule has 0 saturated carbocycles. The molecule has 0 bridgehead atoms. The third-order valence-corrected chi connectivity index (χ3v) is 6.59. The van der Waals surface area contributed by atoms with Crippen molar-refractivity contribution in [2.24, 2.45) is 11.7 Å². The number of rotatable bonds is 6. The molecule has 1 aromatic carbocycles. The molecule has 3 amide bonds. The summed E-state index contributed by atoms with van der Waals surface area (Å²) >= 11 is 0. The van der Waals surface area contributed by atoms with Crippen LogP contribution in [-0.2, 0) is 16.0 Å². The van der Waals surface area contributed by atoms with Gasteiger partial charge < -0.3 is 20.1 Å². The summed E-state index contributed by atoms with van der Waals surface area (Å²) in [7, 11) is 0. The summed E-state index contributed by atoms with van der Waals surface area (Å²) in [4.78, 5) is 40.4. The molecule has 2 fully saturated rings. The molecule has 8 heteroatoms. The van der Waals surface area contributed by atoms with Crippen molar-refractivity contribution in [2.45, 2.75) is 44.4 Å². The van der Waals surface area contributed by atoms with Crippen molar-refractivity contribution in [3.05, 3.63) is 53.4 Å². The summed E-state index contributed by atoms with van der Waals surface area (Å²) in [6.07, 6.45) is 4.32. The van der Waals surface area contributed by atoms with Crippen LogP contribution in [0, 0.1) is 5.92 Å². The second kappa shape index (κ2) is 9.97. The van der Waals surface area contributed by atoms with Gasteiger partial charge in [-0.2, -0.15) is 0 Å². The monoisotopic (exact) mass is 438 g/mol. The SMILES string of the molecule is NC(=O)[C@@H]1CCCN(C(=O)c2cc(C3CCN(C(=O)CCc4ccccc4)CC3)no2)C1. The molecule has 0 radical (unpaired) electrons. The molecule has 2 aromatic rings. The quantitative estimate of drug-likeness (QED) is 0.744. The van der Waals surface area contributed by atoms with Crippen LogP contribution in [0.1, 0.15) is 59.8 Å². The standard InChI is InChI=1S/C24H30N4O4/c25-23(30)19-7-4-12-28(16-19)24(31)21-15-20(26-32-21)18-10-13-27(14-11-18)22(29)9-8-17-5-2-1-3-6-17/h1-3,5-6,15,18-19H,4,7-14,16H2,(H2,25,30)/t19-/m1/s1. The fourth-order valence-electron chi connectivity index (χ4n) is 4.61. The lowest BCUT2D eigenvalue weighted by molar-refractivity contribution is -0.132. The molecule has 2 aliphatic rings. The summed E-state index contributed by atoms with van der Waals surface area (Å²) in [6.45, 7) is 2.28. The first-order valence-electron chi connectivity index (χ1n) is 11.4. The third kappa shape index (κ3) is 5.18. The molecule has 4 rings (SSSR count).